The maximum Gasteiger partial charge on any atom is 1.00 e. The van der Waals surface area contributed by atoms with Gasteiger partial charge in [0.15, 0.2) is 0 Å². The van der Waals surface area contributed by atoms with Gasteiger partial charge in [-0.2, -0.15) is 0 Å². The second kappa shape index (κ2) is 5.86. The van der Waals surface area contributed by atoms with E-state index >= 15 is 0 Å². The predicted molar refractivity (Wildman–Crippen MR) is 56.6 cm³/mol. The van der Waals surface area contributed by atoms with Gasteiger partial charge in [0.2, 0.25) is 0 Å². The van der Waals surface area contributed by atoms with Gasteiger partial charge >= 0.3 is 35.5 Å². The van der Waals surface area contributed by atoms with Gasteiger partial charge in [-0.1, -0.05) is 5.16 Å². The summed E-state index contributed by atoms with van der Waals surface area (Å²) in [5.74, 6) is -0.365. The first-order chi connectivity index (χ1) is 7.72. The van der Waals surface area contributed by atoms with Crippen LogP contribution in [0.2, 0.25) is 0 Å². The van der Waals surface area contributed by atoms with E-state index in [2.05, 4.69) is 9.68 Å². The quantitative estimate of drug-likeness (QED) is 0.712. The molecule has 2 aromatic rings. The largest absolute Gasteiger partial charge is 1.00 e. The molecule has 0 fully saturated rings. The third-order valence-electron chi connectivity index (χ3n) is 2.16. The molecular formula is C11H10NNaO4. The van der Waals surface area contributed by atoms with Crippen LogP contribution in [0.1, 0.15) is 11.8 Å². The summed E-state index contributed by atoms with van der Waals surface area (Å²) in [6.07, 6.45) is 1.11. The maximum atomic E-state index is 10.9. The zero-order chi connectivity index (χ0) is 11.5. The fourth-order valence-corrected chi connectivity index (χ4v) is 1.35. The number of aromatic nitrogens is 1. The molecule has 0 saturated carbocycles. The molecule has 0 aliphatic rings. The normalized spacial score (nSPS) is 9.47. The molecule has 1 heterocycles. The molecular weight excluding hydrogens is 233 g/mol. The number of benzene rings is 1. The molecule has 0 unspecified atom stereocenters. The van der Waals surface area contributed by atoms with Crippen LogP contribution < -0.4 is 34.3 Å². The summed E-state index contributed by atoms with van der Waals surface area (Å²) in [5, 5.41) is 12.6. The Hall–Kier alpha value is -1.30. The number of methoxy groups -OCH3 is 1. The van der Waals surface area contributed by atoms with Crippen LogP contribution in [0.4, 0.5) is 0 Å². The van der Waals surface area contributed by atoms with E-state index in [1.165, 1.54) is 0 Å². The second-order valence-corrected chi connectivity index (χ2v) is 3.11. The molecule has 1 aromatic heterocycles. The Morgan fingerprint density at radius 1 is 1.41 bits per heavy atom. The van der Waals surface area contributed by atoms with Crippen molar-refractivity contribution in [2.45, 2.75) is 0 Å². The SMILES string of the molecule is COc1ccc(-c2nocc2C(=O)O)cc1.[H-].[Na+]. The Balaban J connectivity index is 0.00000144. The standard InChI is InChI=1S/C11H9NO4.Na.H/c1-15-8-4-2-7(3-5-8)10-9(11(13)14)6-16-12-10;;/h2-6H,1H3,(H,13,14);;/q;+1;-1. The van der Waals surface area contributed by atoms with Crippen molar-refractivity contribution in [3.05, 3.63) is 36.1 Å². The summed E-state index contributed by atoms with van der Waals surface area (Å²) in [5.41, 5.74) is 1.03. The van der Waals surface area contributed by atoms with Gasteiger partial charge in [0, 0.05) is 5.56 Å². The van der Waals surface area contributed by atoms with Crippen molar-refractivity contribution in [3.63, 3.8) is 0 Å². The smallest absolute Gasteiger partial charge is 1.00 e. The summed E-state index contributed by atoms with van der Waals surface area (Å²) in [4.78, 5) is 10.9. The minimum absolute atomic E-state index is 0. The number of rotatable bonds is 3. The van der Waals surface area contributed by atoms with E-state index in [1.54, 1.807) is 31.4 Å². The average molecular weight is 243 g/mol. The fourth-order valence-electron chi connectivity index (χ4n) is 1.35. The van der Waals surface area contributed by atoms with Crippen LogP contribution >= 0.6 is 0 Å². The molecule has 17 heavy (non-hydrogen) atoms. The second-order valence-electron chi connectivity index (χ2n) is 3.11. The molecule has 2 rings (SSSR count). The van der Waals surface area contributed by atoms with E-state index in [4.69, 9.17) is 9.84 Å². The summed E-state index contributed by atoms with van der Waals surface area (Å²) in [6.45, 7) is 0. The van der Waals surface area contributed by atoms with E-state index in [0.717, 1.165) is 6.26 Å². The number of hydrogen-bond donors (Lipinski definition) is 1. The molecule has 0 bridgehead atoms. The van der Waals surface area contributed by atoms with Crippen molar-refractivity contribution in [1.82, 2.24) is 5.16 Å². The Labute approximate surface area is 121 Å². The molecule has 0 radical (unpaired) electrons. The van der Waals surface area contributed by atoms with E-state index in [0.29, 0.717) is 17.0 Å². The molecule has 1 aromatic carbocycles. The van der Waals surface area contributed by atoms with Gasteiger partial charge < -0.3 is 15.8 Å². The number of nitrogens with zero attached hydrogens (tertiary/aromatic N) is 1. The number of hydrogen-bond acceptors (Lipinski definition) is 4. The van der Waals surface area contributed by atoms with Crippen molar-refractivity contribution < 1.29 is 50.1 Å². The molecule has 0 amide bonds. The van der Waals surface area contributed by atoms with E-state index < -0.39 is 5.97 Å². The summed E-state index contributed by atoms with van der Waals surface area (Å²) < 4.78 is 9.66. The van der Waals surface area contributed by atoms with E-state index in [9.17, 15) is 4.79 Å². The van der Waals surface area contributed by atoms with Crippen LogP contribution in [-0.4, -0.2) is 23.3 Å². The Morgan fingerprint density at radius 3 is 2.59 bits per heavy atom. The molecule has 1 N–H and O–H groups in total. The fraction of sp³-hybridized carbons (Fsp3) is 0.0909. The average Bonchev–Trinajstić information content (AvgIpc) is 2.78. The Kier molecular flexibility index (Phi) is 4.74. The number of carboxylic acids is 1. The molecule has 6 heteroatoms. The number of ether oxygens (including phenoxy) is 1. The first-order valence-electron chi connectivity index (χ1n) is 4.54. The van der Waals surface area contributed by atoms with Crippen LogP contribution in [0, 0.1) is 0 Å². The third kappa shape index (κ3) is 2.88. The molecule has 0 saturated heterocycles. The van der Waals surface area contributed by atoms with Crippen LogP contribution in [0.3, 0.4) is 0 Å². The molecule has 0 spiro atoms. The van der Waals surface area contributed by atoms with Gasteiger partial charge in [-0.3, -0.25) is 0 Å². The Bertz CT molecular complexity index is 512. The van der Waals surface area contributed by atoms with Gasteiger partial charge in [0.1, 0.15) is 23.3 Å². The third-order valence-corrected chi connectivity index (χ3v) is 2.16. The van der Waals surface area contributed by atoms with Crippen molar-refractivity contribution in [2.75, 3.05) is 7.11 Å². The minimum atomic E-state index is -1.06. The van der Waals surface area contributed by atoms with Crippen LogP contribution in [-0.2, 0) is 0 Å². The van der Waals surface area contributed by atoms with Crippen molar-refractivity contribution in [1.29, 1.82) is 0 Å². The van der Waals surface area contributed by atoms with Crippen LogP contribution in [0.15, 0.2) is 35.1 Å². The summed E-state index contributed by atoms with van der Waals surface area (Å²) in [6, 6.07) is 6.91. The minimum Gasteiger partial charge on any atom is -1.00 e. The van der Waals surface area contributed by atoms with Gasteiger partial charge in [0.05, 0.1) is 7.11 Å². The first-order valence-corrected chi connectivity index (χ1v) is 4.54. The van der Waals surface area contributed by atoms with E-state index in [-0.39, 0.29) is 36.5 Å². The molecule has 0 atom stereocenters. The summed E-state index contributed by atoms with van der Waals surface area (Å²) in [7, 11) is 1.56. The van der Waals surface area contributed by atoms with Crippen LogP contribution in [0.5, 0.6) is 5.75 Å². The van der Waals surface area contributed by atoms with Gasteiger partial charge in [0.25, 0.3) is 0 Å². The van der Waals surface area contributed by atoms with Gasteiger partial charge in [-0.05, 0) is 24.3 Å². The Morgan fingerprint density at radius 2 is 2.06 bits per heavy atom. The molecule has 0 aliphatic heterocycles. The first kappa shape index (κ1) is 13.8. The van der Waals surface area contributed by atoms with Crippen LogP contribution in [0.25, 0.3) is 11.3 Å². The van der Waals surface area contributed by atoms with Crippen molar-refractivity contribution >= 4 is 5.97 Å². The monoisotopic (exact) mass is 243 g/mol. The van der Waals surface area contributed by atoms with Gasteiger partial charge in [-0.15, -0.1) is 0 Å². The predicted octanol–water partition coefficient (Wildman–Crippen LogP) is -0.835. The molecule has 0 aliphatic carbocycles. The molecule has 84 valence electrons. The number of carbonyl (C=O) groups is 1. The zero-order valence-corrected chi connectivity index (χ0v) is 11.5. The maximum absolute atomic E-state index is 10.9. The summed E-state index contributed by atoms with van der Waals surface area (Å²) >= 11 is 0. The van der Waals surface area contributed by atoms with Crippen molar-refractivity contribution in [2.24, 2.45) is 0 Å². The topological polar surface area (TPSA) is 72.6 Å². The number of aromatic carboxylic acids is 1. The van der Waals surface area contributed by atoms with Gasteiger partial charge in [-0.25, -0.2) is 4.79 Å². The van der Waals surface area contributed by atoms with Crippen molar-refractivity contribution in [3.8, 4) is 17.0 Å². The molecule has 5 nitrogen and oxygen atoms in total. The zero-order valence-electron chi connectivity index (χ0n) is 10.5. The van der Waals surface area contributed by atoms with E-state index in [1.807, 2.05) is 0 Å². The number of carboxylic acid groups (broad SMARTS) is 1.